The SMILES string of the molecule is C#CC(O)(CCCCCC)CCCCCC. The summed E-state index contributed by atoms with van der Waals surface area (Å²) >= 11 is 0. The lowest BCUT2D eigenvalue weighted by Gasteiger charge is -2.22. The van der Waals surface area contributed by atoms with Gasteiger partial charge in [-0.05, 0) is 25.7 Å². The normalized spacial score (nSPS) is 11.4. The van der Waals surface area contributed by atoms with E-state index < -0.39 is 5.60 Å². The Kier molecular flexibility index (Phi) is 9.43. The van der Waals surface area contributed by atoms with Crippen molar-refractivity contribution in [1.29, 1.82) is 0 Å². The Morgan fingerprint density at radius 1 is 0.875 bits per heavy atom. The molecule has 0 radical (unpaired) electrons. The average molecular weight is 224 g/mol. The van der Waals surface area contributed by atoms with Gasteiger partial charge in [-0.3, -0.25) is 0 Å². The Morgan fingerprint density at radius 3 is 1.62 bits per heavy atom. The second kappa shape index (κ2) is 9.73. The molecule has 94 valence electrons. The van der Waals surface area contributed by atoms with E-state index in [1.165, 1.54) is 38.5 Å². The maximum atomic E-state index is 10.2. The smallest absolute Gasteiger partial charge is 0.125 e. The van der Waals surface area contributed by atoms with Crippen molar-refractivity contribution in [2.24, 2.45) is 0 Å². The summed E-state index contributed by atoms with van der Waals surface area (Å²) in [6, 6.07) is 0. The fourth-order valence-corrected chi connectivity index (χ4v) is 1.96. The zero-order chi connectivity index (χ0) is 12.3. The third kappa shape index (κ3) is 7.77. The molecule has 0 fully saturated rings. The molecular formula is C15H28O. The van der Waals surface area contributed by atoms with Crippen molar-refractivity contribution in [1.82, 2.24) is 0 Å². The van der Waals surface area contributed by atoms with E-state index in [9.17, 15) is 5.11 Å². The van der Waals surface area contributed by atoms with Gasteiger partial charge in [0.1, 0.15) is 5.60 Å². The lowest BCUT2D eigenvalue weighted by Crippen LogP contribution is -2.26. The summed E-state index contributed by atoms with van der Waals surface area (Å²) in [5.41, 5.74) is -0.832. The zero-order valence-electron chi connectivity index (χ0n) is 11.1. The van der Waals surface area contributed by atoms with Crippen LogP contribution in [0, 0.1) is 12.3 Å². The van der Waals surface area contributed by atoms with Crippen LogP contribution < -0.4 is 0 Å². The second-order valence-electron chi connectivity index (χ2n) is 4.80. The van der Waals surface area contributed by atoms with Crippen LogP contribution in [0.1, 0.15) is 78.1 Å². The first-order valence-corrected chi connectivity index (χ1v) is 6.88. The largest absolute Gasteiger partial charge is 0.378 e. The highest BCUT2D eigenvalue weighted by Crippen LogP contribution is 2.22. The van der Waals surface area contributed by atoms with Crippen molar-refractivity contribution in [3.8, 4) is 12.3 Å². The maximum Gasteiger partial charge on any atom is 0.125 e. The summed E-state index contributed by atoms with van der Waals surface area (Å²) in [5, 5.41) is 10.2. The molecule has 0 saturated carbocycles. The van der Waals surface area contributed by atoms with Crippen LogP contribution >= 0.6 is 0 Å². The van der Waals surface area contributed by atoms with Gasteiger partial charge in [-0.2, -0.15) is 0 Å². The molecule has 1 N–H and O–H groups in total. The predicted octanol–water partition coefficient (Wildman–Crippen LogP) is 4.29. The Bertz CT molecular complexity index is 178. The third-order valence-corrected chi connectivity index (χ3v) is 3.16. The van der Waals surface area contributed by atoms with E-state index in [4.69, 9.17) is 6.42 Å². The van der Waals surface area contributed by atoms with Crippen LogP contribution in [-0.2, 0) is 0 Å². The molecule has 0 heterocycles. The van der Waals surface area contributed by atoms with Gasteiger partial charge < -0.3 is 5.11 Å². The molecule has 0 amide bonds. The number of hydrogen-bond donors (Lipinski definition) is 1. The first-order chi connectivity index (χ1) is 7.68. The first kappa shape index (κ1) is 15.5. The van der Waals surface area contributed by atoms with E-state index in [1.807, 2.05) is 0 Å². The predicted molar refractivity (Wildman–Crippen MR) is 71.3 cm³/mol. The van der Waals surface area contributed by atoms with Crippen LogP contribution in [-0.4, -0.2) is 10.7 Å². The van der Waals surface area contributed by atoms with E-state index >= 15 is 0 Å². The molecule has 1 heteroatoms. The first-order valence-electron chi connectivity index (χ1n) is 6.88. The van der Waals surface area contributed by atoms with Crippen molar-refractivity contribution in [3.05, 3.63) is 0 Å². The van der Waals surface area contributed by atoms with Crippen molar-refractivity contribution in [2.45, 2.75) is 83.7 Å². The Balaban J connectivity index is 3.70. The molecule has 16 heavy (non-hydrogen) atoms. The van der Waals surface area contributed by atoms with Crippen molar-refractivity contribution >= 4 is 0 Å². The minimum absolute atomic E-state index is 0.773. The summed E-state index contributed by atoms with van der Waals surface area (Å²) in [7, 11) is 0. The number of rotatable bonds is 10. The van der Waals surface area contributed by atoms with E-state index in [1.54, 1.807) is 0 Å². The number of terminal acetylenes is 1. The highest BCUT2D eigenvalue weighted by atomic mass is 16.3. The fraction of sp³-hybridized carbons (Fsp3) is 0.867. The molecule has 0 aliphatic heterocycles. The molecule has 0 aromatic heterocycles. The van der Waals surface area contributed by atoms with Crippen LogP contribution in [0.25, 0.3) is 0 Å². The summed E-state index contributed by atoms with van der Waals surface area (Å²) in [6.07, 6.45) is 16.4. The van der Waals surface area contributed by atoms with Gasteiger partial charge in [0, 0.05) is 0 Å². The lowest BCUT2D eigenvalue weighted by molar-refractivity contribution is 0.0764. The molecule has 0 aromatic rings. The fourth-order valence-electron chi connectivity index (χ4n) is 1.96. The summed E-state index contributed by atoms with van der Waals surface area (Å²) in [6.45, 7) is 4.39. The number of unbranched alkanes of at least 4 members (excludes halogenated alkanes) is 6. The molecule has 0 aromatic carbocycles. The van der Waals surface area contributed by atoms with Gasteiger partial charge in [0.15, 0.2) is 0 Å². The minimum atomic E-state index is -0.832. The van der Waals surface area contributed by atoms with Crippen molar-refractivity contribution < 1.29 is 5.11 Å². The van der Waals surface area contributed by atoms with Crippen LogP contribution in [0.5, 0.6) is 0 Å². The van der Waals surface area contributed by atoms with Gasteiger partial charge in [-0.25, -0.2) is 0 Å². The molecule has 0 rings (SSSR count). The van der Waals surface area contributed by atoms with E-state index in [-0.39, 0.29) is 0 Å². The van der Waals surface area contributed by atoms with Gasteiger partial charge in [-0.15, -0.1) is 6.42 Å². The number of aliphatic hydroxyl groups is 1. The summed E-state index contributed by atoms with van der Waals surface area (Å²) < 4.78 is 0. The second-order valence-corrected chi connectivity index (χ2v) is 4.80. The molecule has 0 saturated heterocycles. The topological polar surface area (TPSA) is 20.2 Å². The van der Waals surface area contributed by atoms with Crippen LogP contribution in [0.4, 0.5) is 0 Å². The third-order valence-electron chi connectivity index (χ3n) is 3.16. The van der Waals surface area contributed by atoms with Crippen molar-refractivity contribution in [2.75, 3.05) is 0 Å². The summed E-state index contributed by atoms with van der Waals surface area (Å²) in [4.78, 5) is 0. The standard InChI is InChI=1S/C15H28O/c1-4-7-9-11-13-15(16,6-3)14-12-10-8-5-2/h3,16H,4-5,7-14H2,1-2H3. The molecule has 1 nitrogen and oxygen atoms in total. The quantitative estimate of drug-likeness (QED) is 0.433. The molecule has 0 unspecified atom stereocenters. The van der Waals surface area contributed by atoms with Gasteiger partial charge in [0.2, 0.25) is 0 Å². The van der Waals surface area contributed by atoms with E-state index in [2.05, 4.69) is 19.8 Å². The molecule has 0 bridgehead atoms. The molecular weight excluding hydrogens is 196 g/mol. The lowest BCUT2D eigenvalue weighted by atomic mass is 9.91. The average Bonchev–Trinajstić information content (AvgIpc) is 2.31. The minimum Gasteiger partial charge on any atom is -0.378 e. The van der Waals surface area contributed by atoms with E-state index in [0.717, 1.165) is 25.7 Å². The Morgan fingerprint density at radius 2 is 1.31 bits per heavy atom. The molecule has 0 aliphatic rings. The van der Waals surface area contributed by atoms with Gasteiger partial charge in [0.05, 0.1) is 0 Å². The molecule has 0 spiro atoms. The van der Waals surface area contributed by atoms with E-state index in [0.29, 0.717) is 0 Å². The monoisotopic (exact) mass is 224 g/mol. The summed E-state index contributed by atoms with van der Waals surface area (Å²) in [5.74, 6) is 2.59. The van der Waals surface area contributed by atoms with Gasteiger partial charge in [0.25, 0.3) is 0 Å². The van der Waals surface area contributed by atoms with Crippen LogP contribution in [0.3, 0.4) is 0 Å². The van der Waals surface area contributed by atoms with Crippen LogP contribution in [0.15, 0.2) is 0 Å². The van der Waals surface area contributed by atoms with Crippen molar-refractivity contribution in [3.63, 3.8) is 0 Å². The highest BCUT2D eigenvalue weighted by Gasteiger charge is 2.22. The maximum absolute atomic E-state index is 10.2. The highest BCUT2D eigenvalue weighted by molar-refractivity contribution is 5.06. The molecule has 0 aliphatic carbocycles. The van der Waals surface area contributed by atoms with Gasteiger partial charge >= 0.3 is 0 Å². The van der Waals surface area contributed by atoms with Crippen LogP contribution in [0.2, 0.25) is 0 Å². The Labute approximate surface area is 102 Å². The Hall–Kier alpha value is -0.480. The zero-order valence-corrected chi connectivity index (χ0v) is 11.1. The number of hydrogen-bond acceptors (Lipinski definition) is 1. The van der Waals surface area contributed by atoms with Gasteiger partial charge in [-0.1, -0.05) is 58.3 Å². The molecule has 0 atom stereocenters.